The van der Waals surface area contributed by atoms with Crippen molar-refractivity contribution in [3.05, 3.63) is 60.4 Å². The first-order valence-electron chi connectivity index (χ1n) is 6.01. The molecule has 0 saturated carbocycles. The smallest absolute Gasteiger partial charge is 0.101 e. The Morgan fingerprint density at radius 1 is 1.16 bits per heavy atom. The second-order valence-corrected chi connectivity index (χ2v) is 4.42. The molecule has 0 N–H and O–H groups in total. The normalized spacial score (nSPS) is 10.9. The van der Waals surface area contributed by atoms with E-state index in [4.69, 9.17) is 5.26 Å². The minimum atomic E-state index is 0.608. The molecular weight excluding hydrogens is 234 g/mol. The van der Waals surface area contributed by atoms with Gasteiger partial charge >= 0.3 is 0 Å². The lowest BCUT2D eigenvalue weighted by molar-refractivity contribution is 0.566. The van der Waals surface area contributed by atoms with Crippen LogP contribution >= 0.6 is 0 Å². The van der Waals surface area contributed by atoms with Crippen molar-refractivity contribution in [1.29, 1.82) is 5.26 Å². The quantitative estimate of drug-likeness (QED) is 0.784. The largest absolute Gasteiger partial charge is 0.382 e. The third kappa shape index (κ3) is 3.20. The number of nitrogens with zero attached hydrogens (tertiary/aromatic N) is 3. The van der Waals surface area contributed by atoms with Gasteiger partial charge in [-0.15, -0.1) is 0 Å². The molecule has 0 aliphatic rings. The Morgan fingerprint density at radius 3 is 2.42 bits per heavy atom. The van der Waals surface area contributed by atoms with E-state index in [9.17, 15) is 0 Å². The van der Waals surface area contributed by atoms with E-state index in [-0.39, 0.29) is 0 Å². The maximum absolute atomic E-state index is 9.14. The number of hydrogen-bond acceptors (Lipinski definition) is 3. The van der Waals surface area contributed by atoms with Crippen LogP contribution in [0.25, 0.3) is 16.8 Å². The van der Waals surface area contributed by atoms with Crippen molar-refractivity contribution in [2.45, 2.75) is 0 Å². The highest BCUT2D eigenvalue weighted by molar-refractivity contribution is 5.76. The van der Waals surface area contributed by atoms with Crippen LogP contribution in [0.3, 0.4) is 0 Å². The minimum Gasteiger partial charge on any atom is -0.382 e. The van der Waals surface area contributed by atoms with Gasteiger partial charge in [-0.2, -0.15) is 5.26 Å². The van der Waals surface area contributed by atoms with Crippen LogP contribution in [0.1, 0.15) is 5.56 Å². The molecule has 0 radical (unpaired) electrons. The fourth-order valence-corrected chi connectivity index (χ4v) is 1.76. The van der Waals surface area contributed by atoms with Gasteiger partial charge in [0.25, 0.3) is 0 Å². The van der Waals surface area contributed by atoms with E-state index in [1.54, 1.807) is 12.4 Å². The molecule has 0 spiro atoms. The van der Waals surface area contributed by atoms with Crippen molar-refractivity contribution >= 4 is 5.57 Å². The van der Waals surface area contributed by atoms with Gasteiger partial charge in [-0.05, 0) is 12.1 Å². The van der Waals surface area contributed by atoms with Crippen molar-refractivity contribution < 1.29 is 0 Å². The molecule has 1 aromatic carbocycles. The van der Waals surface area contributed by atoms with Crippen LogP contribution in [0, 0.1) is 11.3 Å². The third-order valence-electron chi connectivity index (χ3n) is 2.65. The van der Waals surface area contributed by atoms with Crippen LogP contribution < -0.4 is 0 Å². The predicted molar refractivity (Wildman–Crippen MR) is 77.0 cm³/mol. The summed E-state index contributed by atoms with van der Waals surface area (Å²) in [5, 5.41) is 9.14. The van der Waals surface area contributed by atoms with Crippen molar-refractivity contribution in [1.82, 2.24) is 9.88 Å². The van der Waals surface area contributed by atoms with Gasteiger partial charge in [0.1, 0.15) is 6.07 Å². The summed E-state index contributed by atoms with van der Waals surface area (Å²) in [6, 6.07) is 16.0. The molecule has 19 heavy (non-hydrogen) atoms. The molecule has 3 heteroatoms. The number of hydrogen-bond donors (Lipinski definition) is 0. The lowest BCUT2D eigenvalue weighted by Gasteiger charge is -2.07. The summed E-state index contributed by atoms with van der Waals surface area (Å²) in [6.45, 7) is 0. The highest BCUT2D eigenvalue weighted by Gasteiger charge is 2.03. The Bertz CT molecular complexity index is 605. The van der Waals surface area contributed by atoms with Gasteiger partial charge < -0.3 is 4.90 Å². The zero-order valence-electron chi connectivity index (χ0n) is 11.0. The van der Waals surface area contributed by atoms with Crippen LogP contribution in [0.5, 0.6) is 0 Å². The molecule has 1 heterocycles. The van der Waals surface area contributed by atoms with Crippen molar-refractivity contribution in [3.8, 4) is 17.3 Å². The number of nitriles is 1. The van der Waals surface area contributed by atoms with Gasteiger partial charge in [-0.1, -0.05) is 30.3 Å². The molecule has 0 saturated heterocycles. The molecule has 3 nitrogen and oxygen atoms in total. The summed E-state index contributed by atoms with van der Waals surface area (Å²) < 4.78 is 0. The van der Waals surface area contributed by atoms with E-state index in [0.29, 0.717) is 5.57 Å². The standard InChI is InChI=1S/C16H15N3/c1-19(2)12-15(10-17)14-8-9-16(18-11-14)13-6-4-3-5-7-13/h3-9,11-12H,1-2H3. The Balaban J connectivity index is 2.32. The van der Waals surface area contributed by atoms with Crippen molar-refractivity contribution in [2.24, 2.45) is 0 Å². The lowest BCUT2D eigenvalue weighted by Crippen LogP contribution is -2.02. The summed E-state index contributed by atoms with van der Waals surface area (Å²) in [4.78, 5) is 6.27. The molecule has 0 bridgehead atoms. The molecule has 1 aromatic heterocycles. The second-order valence-electron chi connectivity index (χ2n) is 4.42. The van der Waals surface area contributed by atoms with Crippen LogP contribution in [0.15, 0.2) is 54.9 Å². The van der Waals surface area contributed by atoms with Gasteiger partial charge in [0, 0.05) is 37.6 Å². The highest BCUT2D eigenvalue weighted by Crippen LogP contribution is 2.19. The van der Waals surface area contributed by atoms with E-state index in [2.05, 4.69) is 11.1 Å². The van der Waals surface area contributed by atoms with Crippen molar-refractivity contribution in [3.63, 3.8) is 0 Å². The van der Waals surface area contributed by atoms with E-state index in [0.717, 1.165) is 16.8 Å². The first-order valence-corrected chi connectivity index (χ1v) is 6.01. The van der Waals surface area contributed by atoms with Crippen LogP contribution in [0.4, 0.5) is 0 Å². The first kappa shape index (κ1) is 12.8. The van der Waals surface area contributed by atoms with Crippen LogP contribution in [-0.4, -0.2) is 24.0 Å². The molecular formula is C16H15N3. The Morgan fingerprint density at radius 2 is 1.89 bits per heavy atom. The van der Waals surface area contributed by atoms with Gasteiger partial charge in [-0.3, -0.25) is 4.98 Å². The maximum Gasteiger partial charge on any atom is 0.101 e. The van der Waals surface area contributed by atoms with Crippen LogP contribution in [-0.2, 0) is 0 Å². The molecule has 94 valence electrons. The molecule has 0 fully saturated rings. The fourth-order valence-electron chi connectivity index (χ4n) is 1.76. The molecule has 0 aliphatic carbocycles. The van der Waals surface area contributed by atoms with E-state index in [1.807, 2.05) is 61.5 Å². The van der Waals surface area contributed by atoms with Crippen molar-refractivity contribution in [2.75, 3.05) is 14.1 Å². The summed E-state index contributed by atoms with van der Waals surface area (Å²) in [5.41, 5.74) is 3.42. The average molecular weight is 249 g/mol. The zero-order chi connectivity index (χ0) is 13.7. The van der Waals surface area contributed by atoms with E-state index < -0.39 is 0 Å². The number of benzene rings is 1. The van der Waals surface area contributed by atoms with Crippen LogP contribution in [0.2, 0.25) is 0 Å². The topological polar surface area (TPSA) is 39.9 Å². The van der Waals surface area contributed by atoms with Gasteiger partial charge in [0.15, 0.2) is 0 Å². The summed E-state index contributed by atoms with van der Waals surface area (Å²) in [7, 11) is 3.78. The lowest BCUT2D eigenvalue weighted by atomic mass is 10.1. The molecule has 0 unspecified atom stereocenters. The maximum atomic E-state index is 9.14. The fraction of sp³-hybridized carbons (Fsp3) is 0.125. The van der Waals surface area contributed by atoms with Gasteiger partial charge in [-0.25, -0.2) is 0 Å². The minimum absolute atomic E-state index is 0.608. The molecule has 0 amide bonds. The summed E-state index contributed by atoms with van der Waals surface area (Å²) in [6.07, 6.45) is 3.53. The molecule has 2 rings (SSSR count). The van der Waals surface area contributed by atoms with E-state index in [1.165, 1.54) is 0 Å². The molecule has 0 atom stereocenters. The molecule has 0 aliphatic heterocycles. The number of aromatic nitrogens is 1. The zero-order valence-corrected chi connectivity index (χ0v) is 11.0. The number of pyridine rings is 1. The monoisotopic (exact) mass is 249 g/mol. The second kappa shape index (κ2) is 5.83. The third-order valence-corrected chi connectivity index (χ3v) is 2.65. The summed E-state index contributed by atoms with van der Waals surface area (Å²) in [5.74, 6) is 0. The van der Waals surface area contributed by atoms with Gasteiger partial charge in [0.2, 0.25) is 0 Å². The van der Waals surface area contributed by atoms with Gasteiger partial charge in [0.05, 0.1) is 11.3 Å². The Hall–Kier alpha value is -2.60. The van der Waals surface area contributed by atoms with E-state index >= 15 is 0 Å². The summed E-state index contributed by atoms with van der Waals surface area (Å²) >= 11 is 0. The average Bonchev–Trinajstić information content (AvgIpc) is 2.46. The SMILES string of the molecule is CN(C)C=C(C#N)c1ccc(-c2ccccc2)nc1. The number of allylic oxidation sites excluding steroid dienone is 1. The number of rotatable bonds is 3. The molecule has 2 aromatic rings. The first-order chi connectivity index (χ1) is 9.20. The highest BCUT2D eigenvalue weighted by atomic mass is 15.0. The Kier molecular flexibility index (Phi) is 3.94. The predicted octanol–water partition coefficient (Wildman–Crippen LogP) is 3.17. The Labute approximate surface area is 113 Å².